The molecule has 0 radical (unpaired) electrons. The second-order valence-corrected chi connectivity index (χ2v) is 13.6. The van der Waals surface area contributed by atoms with Crippen LogP contribution in [0.4, 0.5) is 8.63 Å². The van der Waals surface area contributed by atoms with Crippen LogP contribution in [0.25, 0.3) is 17.0 Å². The van der Waals surface area contributed by atoms with E-state index in [0.717, 1.165) is 59.4 Å². The number of aryl methyl sites for hydroxylation is 1. The predicted octanol–water partition coefficient (Wildman–Crippen LogP) is 12.0. The summed E-state index contributed by atoms with van der Waals surface area (Å²) in [6.07, 6.45) is 24.9. The van der Waals surface area contributed by atoms with Crippen LogP contribution in [0.1, 0.15) is 169 Å². The van der Waals surface area contributed by atoms with Crippen LogP contribution in [0, 0.1) is 0 Å². The summed E-state index contributed by atoms with van der Waals surface area (Å²) in [7, 11) is -3.05. The Morgan fingerprint density at radius 2 is 1.36 bits per heavy atom. The van der Waals surface area contributed by atoms with Crippen molar-refractivity contribution in [1.82, 2.24) is 15.3 Å². The average molecular weight is 692 g/mol. The molecule has 0 saturated carbocycles. The van der Waals surface area contributed by atoms with E-state index in [4.69, 9.17) is 4.65 Å². The smallest absolute Gasteiger partial charge is 0.503 e. The molecule has 0 aliphatic carbocycles. The summed E-state index contributed by atoms with van der Waals surface area (Å²) >= 11 is 0. The number of aromatic nitrogens is 2. The van der Waals surface area contributed by atoms with Crippen molar-refractivity contribution in [1.29, 1.82) is 0 Å². The molecule has 2 aromatic heterocycles. The standard InChI is InChI=1S/C42H64BF2N3O2/c1-6-11-12-13-14-15-16-17-18-19-20-21-22-23-27-46-30-32-25-24-26-34(28-32)40-36(9-4)37(10-5)41(48-40)38(49)29-39(50-43(44)45)42-35(8-3)33(7-2)31-47-42/h24-26,28-29,31,46-48H,6-23,27,30H2,1-5H3/b39-29-. The van der Waals surface area contributed by atoms with Crippen LogP contribution >= 0.6 is 0 Å². The van der Waals surface area contributed by atoms with Crippen LogP contribution in [-0.4, -0.2) is 29.8 Å². The van der Waals surface area contributed by atoms with E-state index in [0.29, 0.717) is 24.2 Å². The maximum Gasteiger partial charge on any atom is 0.796 e. The number of aromatic amines is 2. The van der Waals surface area contributed by atoms with Gasteiger partial charge in [0.15, 0.2) is 0 Å². The van der Waals surface area contributed by atoms with Crippen molar-refractivity contribution in [3.05, 3.63) is 75.7 Å². The number of nitrogens with one attached hydrogen (secondary N) is 3. The van der Waals surface area contributed by atoms with Crippen LogP contribution in [0.2, 0.25) is 0 Å². The number of benzene rings is 1. The van der Waals surface area contributed by atoms with Gasteiger partial charge in [-0.25, -0.2) is 8.63 Å². The van der Waals surface area contributed by atoms with Gasteiger partial charge in [-0.1, -0.05) is 136 Å². The van der Waals surface area contributed by atoms with E-state index in [1.165, 1.54) is 102 Å². The number of unbranched alkanes of at least 4 members (excludes halogenated alkanes) is 13. The van der Waals surface area contributed by atoms with Gasteiger partial charge in [-0.15, -0.1) is 0 Å². The molecule has 3 N–H and O–H groups in total. The Labute approximate surface area is 302 Å². The zero-order valence-electron chi connectivity index (χ0n) is 31.8. The maximum atomic E-state index is 13.8. The Bertz CT molecular complexity index is 1440. The molecule has 0 aliphatic heterocycles. The Morgan fingerprint density at radius 3 is 1.92 bits per heavy atom. The quantitative estimate of drug-likeness (QED) is 0.0245. The van der Waals surface area contributed by atoms with E-state index < -0.39 is 7.47 Å². The summed E-state index contributed by atoms with van der Waals surface area (Å²) in [5, 5.41) is 3.62. The molecule has 0 fully saturated rings. The highest BCUT2D eigenvalue weighted by molar-refractivity contribution is 6.36. The number of allylic oxidation sites excluding steroid dienone is 1. The average Bonchev–Trinajstić information content (AvgIpc) is 3.72. The summed E-state index contributed by atoms with van der Waals surface area (Å²) in [6, 6.07) is 8.43. The van der Waals surface area contributed by atoms with Gasteiger partial charge in [0, 0.05) is 24.5 Å². The lowest BCUT2D eigenvalue weighted by Crippen LogP contribution is -2.14. The summed E-state index contributed by atoms with van der Waals surface area (Å²) in [4.78, 5) is 20.3. The number of hydrogen-bond acceptors (Lipinski definition) is 3. The SMILES string of the molecule is CCCCCCCCCCCCCCCCNCc1cccc(-c2[nH]c(C(=O)/C=C(\OB(F)F)c3[nH]cc(CC)c3CC)c(CC)c2CC)c1. The number of carbonyl (C=O) groups is 1. The molecule has 1 aromatic carbocycles. The molecule has 3 rings (SSSR count). The number of hydrogen-bond donors (Lipinski definition) is 3. The highest BCUT2D eigenvalue weighted by Gasteiger charge is 2.26. The topological polar surface area (TPSA) is 69.9 Å². The molecule has 0 spiro atoms. The van der Waals surface area contributed by atoms with Gasteiger partial charge < -0.3 is 19.9 Å². The van der Waals surface area contributed by atoms with E-state index >= 15 is 0 Å². The monoisotopic (exact) mass is 692 g/mol. The zero-order valence-corrected chi connectivity index (χ0v) is 31.8. The first-order chi connectivity index (χ1) is 24.4. The molecule has 8 heteroatoms. The number of rotatable bonds is 27. The lowest BCUT2D eigenvalue weighted by molar-refractivity contribution is 0.104. The van der Waals surface area contributed by atoms with E-state index in [2.05, 4.69) is 53.4 Å². The summed E-state index contributed by atoms with van der Waals surface area (Å²) in [5.74, 6) is -0.510. The number of halogens is 2. The van der Waals surface area contributed by atoms with Gasteiger partial charge in [0.2, 0.25) is 5.78 Å². The second kappa shape index (κ2) is 23.4. The Morgan fingerprint density at radius 1 is 0.760 bits per heavy atom. The molecule has 0 saturated heterocycles. The van der Waals surface area contributed by atoms with Crippen LogP contribution in [0.3, 0.4) is 0 Å². The number of carbonyl (C=O) groups excluding carboxylic acids is 1. The van der Waals surface area contributed by atoms with Crippen LogP contribution in [0.15, 0.2) is 36.5 Å². The van der Waals surface area contributed by atoms with Crippen molar-refractivity contribution in [3.8, 4) is 11.3 Å². The summed E-state index contributed by atoms with van der Waals surface area (Å²) in [6.45, 7) is 12.2. The van der Waals surface area contributed by atoms with Crippen LogP contribution in [0.5, 0.6) is 0 Å². The van der Waals surface area contributed by atoms with Gasteiger partial charge in [-0.3, -0.25) is 4.79 Å². The molecule has 0 bridgehead atoms. The first-order valence-electron chi connectivity index (χ1n) is 19.8. The molecule has 0 atom stereocenters. The fraction of sp³-hybridized carbons (Fsp3) is 0.595. The number of H-pyrrole nitrogens is 2. The third kappa shape index (κ3) is 12.9. The minimum atomic E-state index is -3.05. The molecule has 50 heavy (non-hydrogen) atoms. The zero-order chi connectivity index (χ0) is 36.1. The molecule has 0 aliphatic rings. The molecule has 0 amide bonds. The van der Waals surface area contributed by atoms with Gasteiger partial charge in [0.25, 0.3) is 0 Å². The lowest BCUT2D eigenvalue weighted by Gasteiger charge is -2.10. The fourth-order valence-electron chi connectivity index (χ4n) is 7.21. The Balaban J connectivity index is 1.56. The molecule has 0 unspecified atom stereocenters. The van der Waals surface area contributed by atoms with Crippen molar-refractivity contribution in [2.45, 2.75) is 157 Å². The van der Waals surface area contributed by atoms with Gasteiger partial charge in [-0.2, -0.15) is 0 Å². The third-order valence-corrected chi connectivity index (χ3v) is 9.96. The fourth-order valence-corrected chi connectivity index (χ4v) is 7.21. The van der Waals surface area contributed by atoms with Crippen molar-refractivity contribution in [2.75, 3.05) is 6.54 Å². The molecular formula is C42H64BF2N3O2. The third-order valence-electron chi connectivity index (χ3n) is 9.96. The highest BCUT2D eigenvalue weighted by Crippen LogP contribution is 2.32. The molecule has 3 aromatic rings. The summed E-state index contributed by atoms with van der Waals surface area (Å²) < 4.78 is 32.0. The van der Waals surface area contributed by atoms with Crippen molar-refractivity contribution >= 4 is 19.0 Å². The first-order valence-corrected chi connectivity index (χ1v) is 19.8. The molecule has 2 heterocycles. The van der Waals surface area contributed by atoms with Crippen molar-refractivity contribution in [3.63, 3.8) is 0 Å². The normalized spacial score (nSPS) is 11.8. The van der Waals surface area contributed by atoms with Crippen molar-refractivity contribution in [2.24, 2.45) is 0 Å². The second-order valence-electron chi connectivity index (χ2n) is 13.6. The van der Waals surface area contributed by atoms with E-state index in [-0.39, 0.29) is 11.5 Å². The summed E-state index contributed by atoms with van der Waals surface area (Å²) in [5.41, 5.74) is 7.89. The van der Waals surface area contributed by atoms with Gasteiger partial charge in [0.1, 0.15) is 5.76 Å². The van der Waals surface area contributed by atoms with Gasteiger partial charge in [-0.05, 0) is 78.1 Å². The lowest BCUT2D eigenvalue weighted by atomic mass is 9.98. The Kier molecular flexibility index (Phi) is 19.3. The van der Waals surface area contributed by atoms with Crippen LogP contribution < -0.4 is 5.32 Å². The first kappa shape index (κ1) is 41.3. The Hall–Kier alpha value is -3.13. The largest absolute Gasteiger partial charge is 0.796 e. The minimum absolute atomic E-state index is 0.135. The number of ketones is 1. The molecular weight excluding hydrogens is 627 g/mol. The van der Waals surface area contributed by atoms with E-state index in [9.17, 15) is 13.4 Å². The maximum absolute atomic E-state index is 13.8. The highest BCUT2D eigenvalue weighted by atomic mass is 19.2. The van der Waals surface area contributed by atoms with E-state index in [1.807, 2.05) is 27.0 Å². The predicted molar refractivity (Wildman–Crippen MR) is 208 cm³/mol. The van der Waals surface area contributed by atoms with Gasteiger partial charge >= 0.3 is 7.47 Å². The minimum Gasteiger partial charge on any atom is -0.503 e. The molecule has 276 valence electrons. The van der Waals surface area contributed by atoms with Crippen molar-refractivity contribution < 1.29 is 18.1 Å². The molecule has 5 nitrogen and oxygen atoms in total. The van der Waals surface area contributed by atoms with Gasteiger partial charge in [0.05, 0.1) is 11.4 Å². The van der Waals surface area contributed by atoms with E-state index in [1.54, 1.807) is 0 Å². The van der Waals surface area contributed by atoms with Crippen LogP contribution in [-0.2, 0) is 36.9 Å².